The summed E-state index contributed by atoms with van der Waals surface area (Å²) in [7, 11) is 0. The van der Waals surface area contributed by atoms with Gasteiger partial charge in [-0.05, 0) is 32.1 Å². The van der Waals surface area contributed by atoms with Gasteiger partial charge in [-0.15, -0.1) is 0 Å². The van der Waals surface area contributed by atoms with Crippen LogP contribution in [0.25, 0.3) is 0 Å². The first-order valence-electron chi connectivity index (χ1n) is 5.71. The number of carboxylic acids is 1. The van der Waals surface area contributed by atoms with Gasteiger partial charge in [-0.1, -0.05) is 26.0 Å². The van der Waals surface area contributed by atoms with Crippen molar-refractivity contribution in [1.82, 2.24) is 0 Å². The average molecular weight is 214 g/mol. The van der Waals surface area contributed by atoms with E-state index in [-0.39, 0.29) is 0 Å². The summed E-state index contributed by atoms with van der Waals surface area (Å²) >= 11 is 0. The van der Waals surface area contributed by atoms with Gasteiger partial charge in [0.1, 0.15) is 0 Å². The molecular weight excluding hydrogens is 192 g/mol. The molecule has 0 aromatic rings. The van der Waals surface area contributed by atoms with Crippen molar-refractivity contribution in [2.75, 3.05) is 6.61 Å². The van der Waals surface area contributed by atoms with Gasteiger partial charge in [0.15, 0.2) is 6.10 Å². The summed E-state index contributed by atoms with van der Waals surface area (Å²) in [5.74, 6) is -0.858. The van der Waals surface area contributed by atoms with Crippen LogP contribution < -0.4 is 0 Å². The van der Waals surface area contributed by atoms with E-state index in [4.69, 9.17) is 9.84 Å². The predicted octanol–water partition coefficient (Wildman–Crippen LogP) is 3.00. The summed E-state index contributed by atoms with van der Waals surface area (Å²) in [4.78, 5) is 10.6. The van der Waals surface area contributed by atoms with E-state index in [1.165, 1.54) is 0 Å². The van der Waals surface area contributed by atoms with E-state index >= 15 is 0 Å². The summed E-state index contributed by atoms with van der Waals surface area (Å²) in [5, 5.41) is 8.71. The topological polar surface area (TPSA) is 46.5 Å². The Bertz CT molecular complexity index is 187. The third kappa shape index (κ3) is 8.18. The molecule has 0 aromatic heterocycles. The maximum Gasteiger partial charge on any atom is 0.332 e. The molecule has 0 amide bonds. The van der Waals surface area contributed by atoms with Crippen molar-refractivity contribution in [3.05, 3.63) is 12.2 Å². The molecule has 0 bridgehead atoms. The lowest BCUT2D eigenvalue weighted by atomic mass is 10.2. The third-order valence-electron chi connectivity index (χ3n) is 2.13. The Labute approximate surface area is 92.1 Å². The Morgan fingerprint density at radius 2 is 2.07 bits per heavy atom. The lowest BCUT2D eigenvalue weighted by Crippen LogP contribution is -2.23. The zero-order chi connectivity index (χ0) is 11.5. The second-order valence-electron chi connectivity index (χ2n) is 3.48. The van der Waals surface area contributed by atoms with E-state index in [1.807, 2.05) is 6.92 Å². The zero-order valence-corrected chi connectivity index (χ0v) is 9.74. The van der Waals surface area contributed by atoms with Crippen LogP contribution in [0.5, 0.6) is 0 Å². The fraction of sp³-hybridized carbons (Fsp3) is 0.750. The number of rotatable bonds is 9. The van der Waals surface area contributed by atoms with Crippen LogP contribution in [0.15, 0.2) is 12.2 Å². The number of carboxylic acid groups (broad SMARTS) is 1. The molecule has 3 nitrogen and oxygen atoms in total. The van der Waals surface area contributed by atoms with Crippen molar-refractivity contribution >= 4 is 5.97 Å². The molecule has 3 heteroatoms. The lowest BCUT2D eigenvalue weighted by molar-refractivity contribution is -0.150. The summed E-state index contributed by atoms with van der Waals surface area (Å²) in [6.45, 7) is 4.48. The first-order chi connectivity index (χ1) is 7.22. The number of allylic oxidation sites excluding steroid dienone is 2. The van der Waals surface area contributed by atoms with Crippen LogP contribution in [0.1, 0.15) is 46.0 Å². The molecule has 1 atom stereocenters. The molecule has 0 aliphatic rings. The van der Waals surface area contributed by atoms with E-state index < -0.39 is 12.1 Å². The number of unbranched alkanes of at least 4 members (excludes halogenated alkanes) is 2. The summed E-state index contributed by atoms with van der Waals surface area (Å²) in [6.07, 6.45) is 8.34. The second kappa shape index (κ2) is 9.71. The molecule has 15 heavy (non-hydrogen) atoms. The van der Waals surface area contributed by atoms with Gasteiger partial charge < -0.3 is 9.84 Å². The molecular formula is C12H22O3. The standard InChI is InChI=1S/C12H22O3/c1-3-5-6-7-8-9-10-15-11(4-2)12(13)14/h5-6,11H,3-4,7-10H2,1-2H3,(H,13,14)/b6-5-. The molecule has 1 N–H and O–H groups in total. The van der Waals surface area contributed by atoms with E-state index in [0.717, 1.165) is 25.7 Å². The molecule has 1 unspecified atom stereocenters. The van der Waals surface area contributed by atoms with Crippen molar-refractivity contribution < 1.29 is 14.6 Å². The highest BCUT2D eigenvalue weighted by Crippen LogP contribution is 2.02. The number of carbonyl (C=O) groups is 1. The molecule has 0 aliphatic carbocycles. The molecule has 0 aromatic carbocycles. The zero-order valence-electron chi connectivity index (χ0n) is 9.74. The van der Waals surface area contributed by atoms with Gasteiger partial charge in [-0.25, -0.2) is 4.79 Å². The van der Waals surface area contributed by atoms with Crippen molar-refractivity contribution in [2.24, 2.45) is 0 Å². The molecule has 0 radical (unpaired) electrons. The minimum Gasteiger partial charge on any atom is -0.479 e. The van der Waals surface area contributed by atoms with Gasteiger partial charge in [-0.3, -0.25) is 0 Å². The van der Waals surface area contributed by atoms with Crippen LogP contribution in [0.2, 0.25) is 0 Å². The van der Waals surface area contributed by atoms with Gasteiger partial charge in [0.05, 0.1) is 0 Å². The minimum absolute atomic E-state index is 0.533. The molecule has 0 saturated heterocycles. The van der Waals surface area contributed by atoms with E-state index in [1.54, 1.807) is 0 Å². The molecule has 88 valence electrons. The van der Waals surface area contributed by atoms with Crippen LogP contribution >= 0.6 is 0 Å². The van der Waals surface area contributed by atoms with E-state index in [9.17, 15) is 4.79 Å². The Hall–Kier alpha value is -0.830. The number of hydrogen-bond donors (Lipinski definition) is 1. The van der Waals surface area contributed by atoms with Gasteiger partial charge in [0, 0.05) is 6.61 Å². The van der Waals surface area contributed by atoms with Gasteiger partial charge in [0.2, 0.25) is 0 Å². The molecule has 0 aliphatic heterocycles. The Balaban J connectivity index is 3.37. The van der Waals surface area contributed by atoms with E-state index in [0.29, 0.717) is 13.0 Å². The lowest BCUT2D eigenvalue weighted by Gasteiger charge is -2.10. The number of hydrogen-bond acceptors (Lipinski definition) is 2. The fourth-order valence-electron chi connectivity index (χ4n) is 1.24. The van der Waals surface area contributed by atoms with Gasteiger partial charge in [0.25, 0.3) is 0 Å². The Kier molecular flexibility index (Phi) is 9.18. The molecule has 0 heterocycles. The highest BCUT2D eigenvalue weighted by atomic mass is 16.5. The molecule has 0 fully saturated rings. The first kappa shape index (κ1) is 14.2. The van der Waals surface area contributed by atoms with Gasteiger partial charge in [-0.2, -0.15) is 0 Å². The Morgan fingerprint density at radius 3 is 2.60 bits per heavy atom. The van der Waals surface area contributed by atoms with E-state index in [2.05, 4.69) is 19.1 Å². The molecule has 0 rings (SSSR count). The van der Waals surface area contributed by atoms with Crippen molar-refractivity contribution in [2.45, 2.75) is 52.1 Å². The summed E-state index contributed by atoms with van der Waals surface area (Å²) < 4.78 is 5.24. The predicted molar refractivity (Wildman–Crippen MR) is 60.9 cm³/mol. The highest BCUT2D eigenvalue weighted by Gasteiger charge is 2.14. The fourth-order valence-corrected chi connectivity index (χ4v) is 1.24. The third-order valence-corrected chi connectivity index (χ3v) is 2.13. The number of aliphatic carboxylic acids is 1. The molecule has 0 spiro atoms. The van der Waals surface area contributed by atoms with Gasteiger partial charge >= 0.3 is 5.97 Å². The SMILES string of the molecule is CC/C=C\CCCCOC(CC)C(=O)O. The van der Waals surface area contributed by atoms with Crippen LogP contribution in [-0.2, 0) is 9.53 Å². The van der Waals surface area contributed by atoms with Crippen molar-refractivity contribution in [3.63, 3.8) is 0 Å². The van der Waals surface area contributed by atoms with Crippen LogP contribution in [0.4, 0.5) is 0 Å². The van der Waals surface area contributed by atoms with Crippen molar-refractivity contribution in [3.8, 4) is 0 Å². The monoisotopic (exact) mass is 214 g/mol. The Morgan fingerprint density at radius 1 is 1.33 bits per heavy atom. The maximum atomic E-state index is 10.6. The second-order valence-corrected chi connectivity index (χ2v) is 3.48. The average Bonchev–Trinajstić information content (AvgIpc) is 2.21. The van der Waals surface area contributed by atoms with Crippen LogP contribution in [-0.4, -0.2) is 23.8 Å². The number of ether oxygens (including phenoxy) is 1. The normalized spacial score (nSPS) is 13.2. The summed E-state index contributed by atoms with van der Waals surface area (Å²) in [5.41, 5.74) is 0. The largest absolute Gasteiger partial charge is 0.479 e. The smallest absolute Gasteiger partial charge is 0.332 e. The van der Waals surface area contributed by atoms with Crippen LogP contribution in [0.3, 0.4) is 0 Å². The van der Waals surface area contributed by atoms with Crippen molar-refractivity contribution in [1.29, 1.82) is 0 Å². The van der Waals surface area contributed by atoms with Crippen LogP contribution in [0, 0.1) is 0 Å². The quantitative estimate of drug-likeness (QED) is 0.474. The highest BCUT2D eigenvalue weighted by molar-refractivity contribution is 5.72. The maximum absolute atomic E-state index is 10.6. The summed E-state index contributed by atoms with van der Waals surface area (Å²) in [6, 6.07) is 0. The molecule has 0 saturated carbocycles. The minimum atomic E-state index is -0.858. The first-order valence-corrected chi connectivity index (χ1v) is 5.71.